The molecule has 1 unspecified atom stereocenters. The Labute approximate surface area is 164 Å². The zero-order valence-corrected chi connectivity index (χ0v) is 15.9. The molecule has 1 aromatic heterocycles. The van der Waals surface area contributed by atoms with Gasteiger partial charge in [-0.25, -0.2) is 9.37 Å². The predicted octanol–water partition coefficient (Wildman–Crippen LogP) is 3.69. The Bertz CT molecular complexity index is 1090. The molecule has 142 valence electrons. The fraction of sp³-hybridized carbons (Fsp3) is 0.200. The molecule has 2 heterocycles. The van der Waals surface area contributed by atoms with E-state index in [0.29, 0.717) is 21.3 Å². The van der Waals surface area contributed by atoms with E-state index in [1.807, 2.05) is 0 Å². The van der Waals surface area contributed by atoms with Crippen molar-refractivity contribution in [2.75, 3.05) is 5.32 Å². The second kappa shape index (κ2) is 6.79. The SMILES string of the molecule is CC(C)C(C(=O)Nc1nc2ccc(F)cc2s1)N1C(=O)c2ccccc2C1=O. The lowest BCUT2D eigenvalue weighted by atomic mass is 10.0. The molecular formula is C20H16FN3O3S. The van der Waals surface area contributed by atoms with Crippen LogP contribution in [0.2, 0.25) is 0 Å². The lowest BCUT2D eigenvalue weighted by molar-refractivity contribution is -0.121. The maximum Gasteiger partial charge on any atom is 0.262 e. The highest BCUT2D eigenvalue weighted by atomic mass is 32.1. The summed E-state index contributed by atoms with van der Waals surface area (Å²) < 4.78 is 14.0. The number of rotatable bonds is 4. The number of hydrogen-bond donors (Lipinski definition) is 1. The summed E-state index contributed by atoms with van der Waals surface area (Å²) in [5, 5.41) is 2.96. The summed E-state index contributed by atoms with van der Waals surface area (Å²) in [5.74, 6) is -2.18. The molecule has 1 aliphatic rings. The minimum absolute atomic E-state index is 0.285. The van der Waals surface area contributed by atoms with Crippen molar-refractivity contribution in [1.29, 1.82) is 0 Å². The predicted molar refractivity (Wildman–Crippen MR) is 104 cm³/mol. The number of carbonyl (C=O) groups excluding carboxylic acids is 3. The van der Waals surface area contributed by atoms with Gasteiger partial charge in [-0.3, -0.25) is 19.3 Å². The van der Waals surface area contributed by atoms with Crippen LogP contribution in [-0.4, -0.2) is 33.6 Å². The van der Waals surface area contributed by atoms with Gasteiger partial charge in [-0.1, -0.05) is 37.3 Å². The van der Waals surface area contributed by atoms with Crippen LogP contribution in [0.25, 0.3) is 10.2 Å². The number of imide groups is 1. The molecule has 0 saturated heterocycles. The van der Waals surface area contributed by atoms with E-state index >= 15 is 0 Å². The Balaban J connectivity index is 1.63. The zero-order chi connectivity index (χ0) is 20.0. The summed E-state index contributed by atoms with van der Waals surface area (Å²) in [7, 11) is 0. The second-order valence-corrected chi connectivity index (χ2v) is 7.87. The normalized spacial score (nSPS) is 14.6. The summed E-state index contributed by atoms with van der Waals surface area (Å²) in [6.45, 7) is 3.53. The quantitative estimate of drug-likeness (QED) is 0.681. The minimum Gasteiger partial charge on any atom is -0.300 e. The van der Waals surface area contributed by atoms with Gasteiger partial charge in [-0.15, -0.1) is 0 Å². The van der Waals surface area contributed by atoms with Gasteiger partial charge in [0.15, 0.2) is 5.13 Å². The molecule has 8 heteroatoms. The Kier molecular flexibility index (Phi) is 4.43. The number of nitrogens with one attached hydrogen (secondary N) is 1. The lowest BCUT2D eigenvalue weighted by Gasteiger charge is -2.27. The van der Waals surface area contributed by atoms with E-state index in [-0.39, 0.29) is 16.9 Å². The fourth-order valence-corrected chi connectivity index (χ4v) is 4.20. The third kappa shape index (κ3) is 2.95. The highest BCUT2D eigenvalue weighted by Crippen LogP contribution is 2.30. The third-order valence-corrected chi connectivity index (χ3v) is 5.52. The molecule has 2 aromatic carbocycles. The third-order valence-electron chi connectivity index (χ3n) is 4.58. The summed E-state index contributed by atoms with van der Waals surface area (Å²) in [4.78, 5) is 43.8. The van der Waals surface area contributed by atoms with Crippen LogP contribution in [0.4, 0.5) is 9.52 Å². The van der Waals surface area contributed by atoms with Gasteiger partial charge in [0.2, 0.25) is 5.91 Å². The van der Waals surface area contributed by atoms with Crippen molar-refractivity contribution < 1.29 is 18.8 Å². The Morgan fingerprint density at radius 1 is 1.11 bits per heavy atom. The summed E-state index contributed by atoms with van der Waals surface area (Å²) in [6.07, 6.45) is 0. The Morgan fingerprint density at radius 2 is 1.75 bits per heavy atom. The molecule has 3 aromatic rings. The van der Waals surface area contributed by atoms with E-state index in [4.69, 9.17) is 0 Å². The molecule has 1 aliphatic heterocycles. The van der Waals surface area contributed by atoms with Gasteiger partial charge in [0.25, 0.3) is 11.8 Å². The first-order valence-corrected chi connectivity index (χ1v) is 9.52. The monoisotopic (exact) mass is 397 g/mol. The highest BCUT2D eigenvalue weighted by molar-refractivity contribution is 7.22. The van der Waals surface area contributed by atoms with Crippen LogP contribution in [0.15, 0.2) is 42.5 Å². The van der Waals surface area contributed by atoms with Crippen LogP contribution >= 0.6 is 11.3 Å². The first-order valence-electron chi connectivity index (χ1n) is 8.70. The molecule has 0 saturated carbocycles. The van der Waals surface area contributed by atoms with Crippen molar-refractivity contribution >= 4 is 44.4 Å². The van der Waals surface area contributed by atoms with Crippen molar-refractivity contribution in [2.24, 2.45) is 5.92 Å². The maximum absolute atomic E-state index is 13.4. The van der Waals surface area contributed by atoms with E-state index in [9.17, 15) is 18.8 Å². The van der Waals surface area contributed by atoms with Gasteiger partial charge in [0, 0.05) is 0 Å². The summed E-state index contributed by atoms with van der Waals surface area (Å²) in [5.41, 5.74) is 1.14. The molecular weight excluding hydrogens is 381 g/mol. The van der Waals surface area contributed by atoms with Crippen molar-refractivity contribution in [2.45, 2.75) is 19.9 Å². The summed E-state index contributed by atoms with van der Waals surface area (Å²) in [6, 6.07) is 9.68. The van der Waals surface area contributed by atoms with Gasteiger partial charge in [0.05, 0.1) is 21.3 Å². The topological polar surface area (TPSA) is 79.4 Å². The molecule has 0 fully saturated rings. The van der Waals surface area contributed by atoms with Crippen molar-refractivity contribution in [3.8, 4) is 0 Å². The van der Waals surface area contributed by atoms with Crippen molar-refractivity contribution in [1.82, 2.24) is 9.88 Å². The molecule has 6 nitrogen and oxygen atoms in total. The second-order valence-electron chi connectivity index (χ2n) is 6.84. The number of amides is 3. The molecule has 1 N–H and O–H groups in total. The standard InChI is InChI=1S/C20H16FN3O3S/c1-10(2)16(24-18(26)12-5-3-4-6-13(12)19(24)27)17(25)23-20-22-14-8-7-11(21)9-15(14)28-20/h3-10,16H,1-2H3,(H,22,23,25). The van der Waals surface area contributed by atoms with Gasteiger partial charge >= 0.3 is 0 Å². The Morgan fingerprint density at radius 3 is 2.36 bits per heavy atom. The molecule has 1 atom stereocenters. The van der Waals surface area contributed by atoms with Crippen LogP contribution in [-0.2, 0) is 4.79 Å². The van der Waals surface area contributed by atoms with Crippen molar-refractivity contribution in [3.63, 3.8) is 0 Å². The van der Waals surface area contributed by atoms with Gasteiger partial charge < -0.3 is 5.32 Å². The van der Waals surface area contributed by atoms with Crippen molar-refractivity contribution in [3.05, 3.63) is 59.4 Å². The fourth-order valence-electron chi connectivity index (χ4n) is 3.31. The number of thiazole rings is 1. The van der Waals surface area contributed by atoms with Crippen LogP contribution in [0, 0.1) is 11.7 Å². The van der Waals surface area contributed by atoms with E-state index in [0.717, 1.165) is 16.2 Å². The first-order chi connectivity index (χ1) is 13.4. The van der Waals surface area contributed by atoms with Crippen LogP contribution in [0.1, 0.15) is 34.6 Å². The molecule has 28 heavy (non-hydrogen) atoms. The van der Waals surface area contributed by atoms with Crippen LogP contribution in [0.5, 0.6) is 0 Å². The average Bonchev–Trinajstić information content (AvgIpc) is 3.15. The van der Waals surface area contributed by atoms with E-state index < -0.39 is 23.8 Å². The first kappa shape index (κ1) is 18.2. The molecule has 4 rings (SSSR count). The number of halogens is 1. The van der Waals surface area contributed by atoms with Crippen LogP contribution < -0.4 is 5.32 Å². The molecule has 0 spiro atoms. The Hall–Kier alpha value is -3.13. The zero-order valence-electron chi connectivity index (χ0n) is 15.1. The number of fused-ring (bicyclic) bond motifs is 2. The molecule has 0 aliphatic carbocycles. The minimum atomic E-state index is -0.990. The summed E-state index contributed by atoms with van der Waals surface area (Å²) >= 11 is 1.13. The lowest BCUT2D eigenvalue weighted by Crippen LogP contribution is -2.50. The van der Waals surface area contributed by atoms with E-state index in [1.165, 1.54) is 18.2 Å². The maximum atomic E-state index is 13.4. The molecule has 3 amide bonds. The number of benzene rings is 2. The highest BCUT2D eigenvalue weighted by Gasteiger charge is 2.44. The van der Waals surface area contributed by atoms with Gasteiger partial charge in [0.1, 0.15) is 11.9 Å². The number of nitrogens with zero attached hydrogens (tertiary/aromatic N) is 2. The van der Waals surface area contributed by atoms with Gasteiger partial charge in [-0.2, -0.15) is 0 Å². The number of aromatic nitrogens is 1. The largest absolute Gasteiger partial charge is 0.300 e. The molecule has 0 bridgehead atoms. The average molecular weight is 397 g/mol. The van der Waals surface area contributed by atoms with Gasteiger partial charge in [-0.05, 0) is 36.2 Å². The molecule has 0 radical (unpaired) electrons. The smallest absolute Gasteiger partial charge is 0.262 e. The van der Waals surface area contributed by atoms with Crippen LogP contribution in [0.3, 0.4) is 0 Å². The number of carbonyl (C=O) groups is 3. The number of hydrogen-bond acceptors (Lipinski definition) is 5. The van der Waals surface area contributed by atoms with E-state index in [1.54, 1.807) is 38.1 Å². The number of anilines is 1. The van der Waals surface area contributed by atoms with E-state index in [2.05, 4.69) is 10.3 Å².